The summed E-state index contributed by atoms with van der Waals surface area (Å²) in [5.41, 5.74) is -0.267. The molecule has 0 bridgehead atoms. The highest BCUT2D eigenvalue weighted by Crippen LogP contribution is 2.44. The number of aliphatic hydroxyl groups excluding tert-OH is 1. The molecule has 1 aromatic heterocycles. The summed E-state index contributed by atoms with van der Waals surface area (Å²) < 4.78 is 32.7. The number of pyridine rings is 1. The smallest absolute Gasteiger partial charge is 0.300 e. The molecule has 2 heterocycles. The first-order chi connectivity index (χ1) is 15.7. The molecule has 1 aliphatic rings. The molecule has 1 unspecified atom stereocenters. The Labute approximate surface area is 196 Å². The number of ether oxygens (including phenoxy) is 1. The standard InChI is InChI=1S/C23H14Cl2F2N2O4/c1-33-22-13(8-11(24)9-14(22)25)20(30)18-19(17-4-2-3-7-28-17)29(23(32)21(18)31)12-5-6-15(26)16(27)10-12/h2-10,19,30H,1H3/b20-18+. The van der Waals surface area contributed by atoms with Crippen LogP contribution in [0.1, 0.15) is 17.3 Å². The lowest BCUT2D eigenvalue weighted by Gasteiger charge is -2.24. The summed E-state index contributed by atoms with van der Waals surface area (Å²) >= 11 is 12.2. The molecule has 0 saturated carbocycles. The molecule has 168 valence electrons. The van der Waals surface area contributed by atoms with Gasteiger partial charge in [-0.1, -0.05) is 29.3 Å². The fourth-order valence-electron chi connectivity index (χ4n) is 3.64. The molecule has 1 fully saturated rings. The Morgan fingerprint density at radius 2 is 1.85 bits per heavy atom. The molecule has 0 aliphatic carbocycles. The summed E-state index contributed by atoms with van der Waals surface area (Å²) in [5, 5.41) is 11.4. The Hall–Kier alpha value is -3.49. The Morgan fingerprint density at radius 3 is 2.48 bits per heavy atom. The number of carbonyl (C=O) groups excluding carboxylic acids is 2. The topological polar surface area (TPSA) is 79.7 Å². The number of rotatable bonds is 4. The summed E-state index contributed by atoms with van der Waals surface area (Å²) in [6.07, 6.45) is 1.43. The second-order valence-electron chi connectivity index (χ2n) is 6.99. The van der Waals surface area contributed by atoms with E-state index in [1.807, 2.05) is 0 Å². The molecule has 1 atom stereocenters. The number of benzene rings is 2. The van der Waals surface area contributed by atoms with E-state index in [0.717, 1.165) is 23.1 Å². The maximum Gasteiger partial charge on any atom is 0.300 e. The second-order valence-corrected chi connectivity index (χ2v) is 7.83. The summed E-state index contributed by atoms with van der Waals surface area (Å²) in [6, 6.07) is 8.98. The molecule has 1 saturated heterocycles. The molecule has 4 rings (SSSR count). The van der Waals surface area contributed by atoms with Gasteiger partial charge in [0.2, 0.25) is 0 Å². The van der Waals surface area contributed by atoms with Crippen LogP contribution in [0.5, 0.6) is 5.75 Å². The van der Waals surface area contributed by atoms with Crippen molar-refractivity contribution in [1.29, 1.82) is 0 Å². The Bertz CT molecular complexity index is 1320. The molecule has 0 spiro atoms. The van der Waals surface area contributed by atoms with Gasteiger partial charge in [0.1, 0.15) is 17.6 Å². The molecule has 10 heteroatoms. The fraction of sp³-hybridized carbons (Fsp3) is 0.0870. The normalized spacial score (nSPS) is 17.5. The van der Waals surface area contributed by atoms with Crippen molar-refractivity contribution < 1.29 is 28.2 Å². The van der Waals surface area contributed by atoms with E-state index in [2.05, 4.69) is 4.98 Å². The van der Waals surface area contributed by atoms with Crippen molar-refractivity contribution in [2.24, 2.45) is 0 Å². The average Bonchev–Trinajstić information content (AvgIpc) is 3.06. The van der Waals surface area contributed by atoms with E-state index < -0.39 is 35.1 Å². The molecule has 1 N–H and O–H groups in total. The highest BCUT2D eigenvalue weighted by atomic mass is 35.5. The van der Waals surface area contributed by atoms with Crippen molar-refractivity contribution in [3.8, 4) is 5.75 Å². The van der Waals surface area contributed by atoms with Crippen molar-refractivity contribution in [2.45, 2.75) is 6.04 Å². The Morgan fingerprint density at radius 1 is 1.09 bits per heavy atom. The minimum atomic E-state index is -1.25. The van der Waals surface area contributed by atoms with Crippen molar-refractivity contribution >= 4 is 46.3 Å². The summed E-state index contributed by atoms with van der Waals surface area (Å²) in [7, 11) is 1.31. The predicted octanol–water partition coefficient (Wildman–Crippen LogP) is 5.30. The molecule has 3 aromatic rings. The maximum atomic E-state index is 14.0. The van der Waals surface area contributed by atoms with Crippen LogP contribution in [0, 0.1) is 11.6 Å². The third-order valence-corrected chi connectivity index (χ3v) is 5.56. The van der Waals surface area contributed by atoms with Gasteiger partial charge in [0.05, 0.1) is 29.0 Å². The van der Waals surface area contributed by atoms with E-state index in [0.29, 0.717) is 0 Å². The Balaban J connectivity index is 2.00. The van der Waals surface area contributed by atoms with Crippen LogP contribution in [0.2, 0.25) is 10.0 Å². The number of nitrogens with zero attached hydrogens (tertiary/aromatic N) is 2. The van der Waals surface area contributed by atoms with E-state index in [1.54, 1.807) is 12.1 Å². The number of anilines is 1. The maximum absolute atomic E-state index is 14.0. The van der Waals surface area contributed by atoms with Gasteiger partial charge in [-0.2, -0.15) is 0 Å². The number of ketones is 1. The zero-order chi connectivity index (χ0) is 23.9. The van der Waals surface area contributed by atoms with Crippen LogP contribution in [0.4, 0.5) is 14.5 Å². The van der Waals surface area contributed by atoms with E-state index in [9.17, 15) is 23.5 Å². The largest absolute Gasteiger partial charge is 0.507 e. The minimum Gasteiger partial charge on any atom is -0.507 e. The zero-order valence-corrected chi connectivity index (χ0v) is 18.4. The number of aliphatic hydroxyl groups is 1. The van der Waals surface area contributed by atoms with Gasteiger partial charge in [-0.15, -0.1) is 0 Å². The van der Waals surface area contributed by atoms with Crippen molar-refractivity contribution in [1.82, 2.24) is 4.98 Å². The van der Waals surface area contributed by atoms with Crippen LogP contribution in [0.25, 0.3) is 5.76 Å². The zero-order valence-electron chi connectivity index (χ0n) is 16.9. The van der Waals surface area contributed by atoms with Crippen LogP contribution in [-0.2, 0) is 9.59 Å². The number of aromatic nitrogens is 1. The molecule has 6 nitrogen and oxygen atoms in total. The first kappa shape index (κ1) is 22.7. The lowest BCUT2D eigenvalue weighted by Crippen LogP contribution is -2.30. The van der Waals surface area contributed by atoms with Crippen LogP contribution in [-0.4, -0.2) is 28.9 Å². The highest BCUT2D eigenvalue weighted by Gasteiger charge is 2.48. The number of methoxy groups -OCH3 is 1. The van der Waals surface area contributed by atoms with E-state index >= 15 is 0 Å². The fourth-order valence-corrected chi connectivity index (χ4v) is 4.21. The van der Waals surface area contributed by atoms with E-state index in [-0.39, 0.29) is 38.3 Å². The third kappa shape index (κ3) is 3.92. The van der Waals surface area contributed by atoms with Crippen LogP contribution >= 0.6 is 23.2 Å². The van der Waals surface area contributed by atoms with Crippen molar-refractivity contribution in [3.05, 3.63) is 93.2 Å². The highest BCUT2D eigenvalue weighted by molar-refractivity contribution is 6.51. The van der Waals surface area contributed by atoms with Gasteiger partial charge in [0.15, 0.2) is 11.6 Å². The van der Waals surface area contributed by atoms with Gasteiger partial charge < -0.3 is 9.84 Å². The van der Waals surface area contributed by atoms with E-state index in [1.165, 1.54) is 31.5 Å². The quantitative estimate of drug-likeness (QED) is 0.305. The summed E-state index contributed by atoms with van der Waals surface area (Å²) in [6.45, 7) is 0. The molecule has 1 amide bonds. The predicted molar refractivity (Wildman–Crippen MR) is 118 cm³/mol. The van der Waals surface area contributed by atoms with Gasteiger partial charge in [-0.3, -0.25) is 19.5 Å². The average molecular weight is 491 g/mol. The van der Waals surface area contributed by atoms with Gasteiger partial charge >= 0.3 is 0 Å². The summed E-state index contributed by atoms with van der Waals surface area (Å²) in [5.74, 6) is -5.05. The third-order valence-electron chi connectivity index (χ3n) is 5.06. The minimum absolute atomic E-state index is 0.0253. The monoisotopic (exact) mass is 490 g/mol. The molecule has 1 aliphatic heterocycles. The molecular weight excluding hydrogens is 477 g/mol. The lowest BCUT2D eigenvalue weighted by molar-refractivity contribution is -0.132. The number of hydrogen-bond acceptors (Lipinski definition) is 5. The van der Waals surface area contributed by atoms with Crippen LogP contribution in [0.15, 0.2) is 60.3 Å². The number of halogens is 4. The van der Waals surface area contributed by atoms with Gasteiger partial charge in [-0.05, 0) is 36.4 Å². The van der Waals surface area contributed by atoms with Gasteiger partial charge in [-0.25, -0.2) is 8.78 Å². The van der Waals surface area contributed by atoms with E-state index in [4.69, 9.17) is 27.9 Å². The van der Waals surface area contributed by atoms with Crippen molar-refractivity contribution in [3.63, 3.8) is 0 Å². The van der Waals surface area contributed by atoms with Crippen LogP contribution < -0.4 is 9.64 Å². The number of carbonyl (C=O) groups is 2. The number of hydrogen-bond donors (Lipinski definition) is 1. The molecule has 0 radical (unpaired) electrons. The van der Waals surface area contributed by atoms with Crippen molar-refractivity contribution in [2.75, 3.05) is 12.0 Å². The Kier molecular flexibility index (Phi) is 6.05. The first-order valence-corrected chi connectivity index (χ1v) is 10.2. The summed E-state index contributed by atoms with van der Waals surface area (Å²) in [4.78, 5) is 31.3. The SMILES string of the molecule is COc1c(Cl)cc(Cl)cc1/C(O)=C1\C(=O)C(=O)N(c2ccc(F)c(F)c2)C1c1ccccn1. The van der Waals surface area contributed by atoms with Gasteiger partial charge in [0.25, 0.3) is 11.7 Å². The second kappa shape index (κ2) is 8.80. The molecule has 2 aromatic carbocycles. The van der Waals surface area contributed by atoms with Crippen LogP contribution in [0.3, 0.4) is 0 Å². The lowest BCUT2D eigenvalue weighted by atomic mass is 9.97. The van der Waals surface area contributed by atoms with Gasteiger partial charge in [0, 0.05) is 23.0 Å². The number of Topliss-reactive ketones (excluding diaryl/α,β-unsaturated/α-hetero) is 1. The molecule has 33 heavy (non-hydrogen) atoms. The first-order valence-electron chi connectivity index (χ1n) is 9.45. The molecular formula is C23H14Cl2F2N2O4. The number of amides is 1.